The van der Waals surface area contributed by atoms with Gasteiger partial charge in [0.2, 0.25) is 0 Å². The molecule has 2 rings (SSSR count). The smallest absolute Gasteiger partial charge is 0.311 e. The fourth-order valence-corrected chi connectivity index (χ4v) is 4.44. The Morgan fingerprint density at radius 2 is 2.12 bits per heavy atom. The van der Waals surface area contributed by atoms with E-state index in [1.54, 1.807) is 6.20 Å². The van der Waals surface area contributed by atoms with E-state index < -0.39 is 8.32 Å². The van der Waals surface area contributed by atoms with Gasteiger partial charge in [-0.1, -0.05) is 20.8 Å². The summed E-state index contributed by atoms with van der Waals surface area (Å²) in [7, 11) is -1.75. The van der Waals surface area contributed by atoms with Crippen molar-refractivity contribution < 1.29 is 9.35 Å². The van der Waals surface area contributed by atoms with Gasteiger partial charge in [-0.25, -0.2) is 0 Å². The van der Waals surface area contributed by atoms with Crippen LogP contribution in [0, 0.1) is 19.6 Å². The lowest BCUT2D eigenvalue weighted by Crippen LogP contribution is -2.42. The maximum Gasteiger partial charge on any atom is 0.311 e. The van der Waals surface area contributed by atoms with E-state index in [1.807, 2.05) is 0 Å². The molecule has 6 nitrogen and oxygen atoms in total. The number of nitro groups is 1. The largest absolute Gasteiger partial charge is 0.416 e. The van der Waals surface area contributed by atoms with Crippen LogP contribution in [0.2, 0.25) is 18.1 Å². The predicted octanol–water partition coefficient (Wildman–Crippen LogP) is 4.44. The highest BCUT2D eigenvalue weighted by atomic mass is 127. The molecule has 1 saturated heterocycles. The Kier molecular flexibility index (Phi) is 5.91. The van der Waals surface area contributed by atoms with Gasteiger partial charge in [0.15, 0.2) is 8.32 Å². The van der Waals surface area contributed by atoms with Crippen molar-refractivity contribution in [2.45, 2.75) is 45.3 Å². The first kappa shape index (κ1) is 19.6. The molecule has 0 aliphatic carbocycles. The van der Waals surface area contributed by atoms with Gasteiger partial charge in [0.05, 0.1) is 8.49 Å². The fraction of sp³-hybridized carbons (Fsp3) is 0.688. The van der Waals surface area contributed by atoms with Crippen LogP contribution in [0.25, 0.3) is 0 Å². The molecule has 8 heteroatoms. The van der Waals surface area contributed by atoms with Crippen LogP contribution in [0.4, 0.5) is 11.4 Å². The van der Waals surface area contributed by atoms with E-state index in [0.717, 1.165) is 29.7 Å². The first-order chi connectivity index (χ1) is 11.0. The summed E-state index contributed by atoms with van der Waals surface area (Å²) >= 11 is 2.13. The molecule has 134 valence electrons. The van der Waals surface area contributed by atoms with Gasteiger partial charge < -0.3 is 9.33 Å². The Hall–Kier alpha value is -0.743. The zero-order valence-electron chi connectivity index (χ0n) is 15.0. The first-order valence-electron chi connectivity index (χ1n) is 8.20. The number of pyridine rings is 1. The molecular formula is C16H26IN3O3Si. The summed E-state index contributed by atoms with van der Waals surface area (Å²) in [5.41, 5.74) is 0.790. The van der Waals surface area contributed by atoms with Gasteiger partial charge in [-0.05, 0) is 47.1 Å². The number of hydrogen-bond acceptors (Lipinski definition) is 5. The summed E-state index contributed by atoms with van der Waals surface area (Å²) < 4.78 is 7.16. The molecule has 1 atom stereocenters. The second-order valence-electron chi connectivity index (χ2n) is 7.92. The van der Waals surface area contributed by atoms with Gasteiger partial charge in [-0.3, -0.25) is 15.1 Å². The molecule has 0 radical (unpaired) electrons. The molecule has 1 aromatic rings. The first-order valence-corrected chi connectivity index (χ1v) is 12.2. The van der Waals surface area contributed by atoms with E-state index in [2.05, 4.69) is 66.3 Å². The van der Waals surface area contributed by atoms with Crippen molar-refractivity contribution in [3.63, 3.8) is 0 Å². The van der Waals surface area contributed by atoms with Crippen molar-refractivity contribution >= 4 is 42.3 Å². The highest BCUT2D eigenvalue weighted by molar-refractivity contribution is 14.1. The predicted molar refractivity (Wildman–Crippen MR) is 107 cm³/mol. The van der Waals surface area contributed by atoms with Crippen LogP contribution < -0.4 is 4.90 Å². The van der Waals surface area contributed by atoms with E-state index in [0.29, 0.717) is 11.6 Å². The Morgan fingerprint density at radius 1 is 1.46 bits per heavy atom. The monoisotopic (exact) mass is 463 g/mol. The Labute approximate surface area is 158 Å². The maximum absolute atomic E-state index is 11.3. The molecule has 0 aromatic carbocycles. The summed E-state index contributed by atoms with van der Waals surface area (Å²) in [5, 5.41) is 11.5. The van der Waals surface area contributed by atoms with Crippen molar-refractivity contribution in [2.75, 3.05) is 24.6 Å². The Bertz CT molecular complexity index is 619. The SMILES string of the molecule is CC(C)(C)[Si](C)(C)OCC1CCN(c2c(I)cncc2[N+](=O)[O-])C1. The topological polar surface area (TPSA) is 68.5 Å². The minimum Gasteiger partial charge on any atom is -0.416 e. The van der Waals surface area contributed by atoms with E-state index in [9.17, 15) is 10.1 Å². The normalized spacial score (nSPS) is 18.9. The molecule has 1 aliphatic heterocycles. The van der Waals surface area contributed by atoms with Crippen LogP contribution in [0.3, 0.4) is 0 Å². The second kappa shape index (κ2) is 7.25. The molecule has 1 fully saturated rings. The standard InChI is InChI=1S/C16H26IN3O3Si/c1-16(2,3)24(4,5)23-11-12-6-7-19(10-12)15-13(17)8-18-9-14(15)20(21)22/h8-9,12H,6-7,10-11H2,1-5H3. The molecule has 1 aliphatic rings. The summed E-state index contributed by atoms with van der Waals surface area (Å²) in [6, 6.07) is 0. The van der Waals surface area contributed by atoms with Crippen molar-refractivity contribution in [1.29, 1.82) is 0 Å². The number of anilines is 1. The zero-order chi connectivity index (χ0) is 18.1. The van der Waals surface area contributed by atoms with Crippen molar-refractivity contribution in [3.05, 3.63) is 26.1 Å². The Morgan fingerprint density at radius 3 is 2.71 bits per heavy atom. The van der Waals surface area contributed by atoms with Gasteiger partial charge in [0, 0.05) is 31.8 Å². The average Bonchev–Trinajstić information content (AvgIpc) is 2.92. The van der Waals surface area contributed by atoms with Crippen LogP contribution in [-0.2, 0) is 4.43 Å². The molecule has 0 bridgehead atoms. The zero-order valence-corrected chi connectivity index (χ0v) is 18.2. The number of rotatable bonds is 5. The second-order valence-corrected chi connectivity index (χ2v) is 13.9. The molecule has 24 heavy (non-hydrogen) atoms. The molecular weight excluding hydrogens is 437 g/mol. The molecule has 0 N–H and O–H groups in total. The van der Waals surface area contributed by atoms with Crippen LogP contribution in [0.1, 0.15) is 27.2 Å². The van der Waals surface area contributed by atoms with Crippen LogP contribution in [0.15, 0.2) is 12.4 Å². The molecule has 1 unspecified atom stereocenters. The molecule has 0 amide bonds. The third kappa shape index (κ3) is 4.26. The minimum absolute atomic E-state index is 0.0906. The summed E-state index contributed by atoms with van der Waals surface area (Å²) in [4.78, 5) is 17.0. The average molecular weight is 463 g/mol. The van der Waals surface area contributed by atoms with Crippen molar-refractivity contribution in [2.24, 2.45) is 5.92 Å². The highest BCUT2D eigenvalue weighted by Crippen LogP contribution is 2.38. The summed E-state index contributed by atoms with van der Waals surface area (Å²) in [5.74, 6) is 0.419. The van der Waals surface area contributed by atoms with Crippen molar-refractivity contribution in [1.82, 2.24) is 4.98 Å². The lowest BCUT2D eigenvalue weighted by molar-refractivity contribution is -0.384. The molecule has 0 saturated carbocycles. The molecule has 2 heterocycles. The van der Waals surface area contributed by atoms with Crippen LogP contribution in [0.5, 0.6) is 0 Å². The maximum atomic E-state index is 11.3. The van der Waals surface area contributed by atoms with E-state index >= 15 is 0 Å². The van der Waals surface area contributed by atoms with E-state index in [1.165, 1.54) is 6.20 Å². The number of aromatic nitrogens is 1. The number of halogens is 1. The van der Waals surface area contributed by atoms with Crippen LogP contribution >= 0.6 is 22.6 Å². The summed E-state index contributed by atoms with van der Waals surface area (Å²) in [6.07, 6.45) is 4.03. The lowest BCUT2D eigenvalue weighted by Gasteiger charge is -2.37. The van der Waals surface area contributed by atoms with Gasteiger partial charge in [-0.2, -0.15) is 0 Å². The fourth-order valence-electron chi connectivity index (χ4n) is 2.58. The Balaban J connectivity index is 2.06. The number of hydrogen-bond donors (Lipinski definition) is 0. The number of nitrogens with zero attached hydrogens (tertiary/aromatic N) is 3. The quantitative estimate of drug-likeness (QED) is 0.280. The third-order valence-electron chi connectivity index (χ3n) is 5.14. The lowest BCUT2D eigenvalue weighted by atomic mass is 10.1. The third-order valence-corrected chi connectivity index (χ3v) is 10.4. The van der Waals surface area contributed by atoms with Gasteiger partial charge in [0.25, 0.3) is 0 Å². The van der Waals surface area contributed by atoms with Gasteiger partial charge >= 0.3 is 5.69 Å². The van der Waals surface area contributed by atoms with Crippen molar-refractivity contribution in [3.8, 4) is 0 Å². The molecule has 1 aromatic heterocycles. The van der Waals surface area contributed by atoms with E-state index in [4.69, 9.17) is 4.43 Å². The van der Waals surface area contributed by atoms with Gasteiger partial charge in [0.1, 0.15) is 11.9 Å². The summed E-state index contributed by atoms with van der Waals surface area (Å²) in [6.45, 7) is 13.6. The minimum atomic E-state index is -1.75. The van der Waals surface area contributed by atoms with Gasteiger partial charge in [-0.15, -0.1) is 0 Å². The highest BCUT2D eigenvalue weighted by Gasteiger charge is 2.38. The van der Waals surface area contributed by atoms with Crippen LogP contribution in [-0.4, -0.2) is 37.9 Å². The molecule has 0 spiro atoms. The van der Waals surface area contributed by atoms with E-state index in [-0.39, 0.29) is 15.6 Å².